The molecule has 30 heavy (non-hydrogen) atoms. The number of ether oxygens (including phenoxy) is 2. The number of rotatable bonds is 13. The predicted octanol–water partition coefficient (Wildman–Crippen LogP) is -0.835. The molecule has 0 radical (unpaired) electrons. The first-order valence-corrected chi connectivity index (χ1v) is 8.94. The number of hydrogen-bond acceptors (Lipinski definition) is 8. The first-order chi connectivity index (χ1) is 14.3. The van der Waals surface area contributed by atoms with E-state index < -0.39 is 29.0 Å². The zero-order valence-corrected chi connectivity index (χ0v) is 16.4. The lowest BCUT2D eigenvalue weighted by Crippen LogP contribution is -2.55. The molecule has 1 aromatic heterocycles. The highest BCUT2D eigenvalue weighted by atomic mass is 16.5. The van der Waals surface area contributed by atoms with Crippen molar-refractivity contribution in [2.24, 2.45) is 0 Å². The van der Waals surface area contributed by atoms with Crippen molar-refractivity contribution in [3.8, 4) is 0 Å². The van der Waals surface area contributed by atoms with Crippen molar-refractivity contribution in [3.05, 3.63) is 69.4 Å². The van der Waals surface area contributed by atoms with Crippen LogP contribution >= 0.6 is 0 Å². The third kappa shape index (κ3) is 6.69. The fourth-order valence-corrected chi connectivity index (χ4v) is 2.36. The van der Waals surface area contributed by atoms with Gasteiger partial charge in [0.05, 0.1) is 13.1 Å². The summed E-state index contributed by atoms with van der Waals surface area (Å²) in [6, 6.07) is 0. The summed E-state index contributed by atoms with van der Waals surface area (Å²) in [7, 11) is 0. The fraction of sp³-hybridized carbons (Fsp3) is 0.368. The Bertz CT molecular complexity index is 853. The minimum atomic E-state index is -0.951. The van der Waals surface area contributed by atoms with Gasteiger partial charge >= 0.3 is 29.0 Å². The SMILES string of the molecule is C=CC(=O)CCCn1c(=O)n(CCOC(=O)C=C)c(=O)n(CCOC(=O)C=C)c1=O. The van der Waals surface area contributed by atoms with E-state index in [9.17, 15) is 28.8 Å². The lowest BCUT2D eigenvalue weighted by atomic mass is 10.2. The Morgan fingerprint density at radius 3 is 1.47 bits per heavy atom. The second kappa shape index (κ2) is 11.9. The maximum atomic E-state index is 12.6. The molecule has 0 unspecified atom stereocenters. The van der Waals surface area contributed by atoms with E-state index in [-0.39, 0.29) is 51.5 Å². The summed E-state index contributed by atoms with van der Waals surface area (Å²) in [6.07, 6.45) is 3.19. The van der Waals surface area contributed by atoms with Gasteiger partial charge in [0, 0.05) is 25.1 Å². The van der Waals surface area contributed by atoms with E-state index in [1.54, 1.807) is 0 Å². The second-order valence-electron chi connectivity index (χ2n) is 5.82. The molecule has 0 N–H and O–H groups in total. The third-order valence-corrected chi connectivity index (χ3v) is 3.87. The third-order valence-electron chi connectivity index (χ3n) is 3.87. The lowest BCUT2D eigenvalue weighted by Gasteiger charge is -2.14. The van der Waals surface area contributed by atoms with Crippen LogP contribution in [0, 0.1) is 0 Å². The molecule has 0 saturated heterocycles. The van der Waals surface area contributed by atoms with Crippen LogP contribution in [0.15, 0.2) is 52.3 Å². The molecule has 0 saturated carbocycles. The largest absolute Gasteiger partial charge is 0.461 e. The van der Waals surface area contributed by atoms with Crippen LogP contribution in [0.5, 0.6) is 0 Å². The second-order valence-corrected chi connectivity index (χ2v) is 5.82. The molecule has 0 aliphatic heterocycles. The molecular weight excluding hydrogens is 398 g/mol. The van der Waals surface area contributed by atoms with Gasteiger partial charge in [0.2, 0.25) is 0 Å². The minimum Gasteiger partial charge on any atom is -0.461 e. The van der Waals surface area contributed by atoms with Crippen molar-refractivity contribution in [1.82, 2.24) is 13.7 Å². The molecule has 11 heteroatoms. The molecule has 0 atom stereocenters. The van der Waals surface area contributed by atoms with Gasteiger partial charge in [0.15, 0.2) is 5.78 Å². The highest BCUT2D eigenvalue weighted by molar-refractivity contribution is 5.88. The Hall–Kier alpha value is -3.76. The van der Waals surface area contributed by atoms with Gasteiger partial charge in [0.25, 0.3) is 0 Å². The van der Waals surface area contributed by atoms with Crippen LogP contribution in [0.1, 0.15) is 12.8 Å². The van der Waals surface area contributed by atoms with Gasteiger partial charge in [0.1, 0.15) is 13.2 Å². The summed E-state index contributed by atoms with van der Waals surface area (Å²) < 4.78 is 11.8. The first-order valence-electron chi connectivity index (χ1n) is 8.94. The number of aromatic nitrogens is 3. The highest BCUT2D eigenvalue weighted by Gasteiger charge is 2.16. The summed E-state index contributed by atoms with van der Waals surface area (Å²) >= 11 is 0. The van der Waals surface area contributed by atoms with Gasteiger partial charge in [-0.2, -0.15) is 0 Å². The highest BCUT2D eigenvalue weighted by Crippen LogP contribution is 1.93. The van der Waals surface area contributed by atoms with Crippen LogP contribution in [0.4, 0.5) is 0 Å². The number of carbonyl (C=O) groups excluding carboxylic acids is 3. The average Bonchev–Trinajstić information content (AvgIpc) is 2.74. The van der Waals surface area contributed by atoms with E-state index in [0.29, 0.717) is 0 Å². The number of carbonyl (C=O) groups is 3. The molecule has 1 aromatic rings. The van der Waals surface area contributed by atoms with Gasteiger partial charge < -0.3 is 9.47 Å². The van der Waals surface area contributed by atoms with Gasteiger partial charge in [-0.15, -0.1) is 0 Å². The number of nitrogens with zero attached hydrogens (tertiary/aromatic N) is 3. The molecule has 0 bridgehead atoms. The molecular formula is C19H23N3O8. The Balaban J connectivity index is 3.24. The van der Waals surface area contributed by atoms with Crippen molar-refractivity contribution >= 4 is 17.7 Å². The van der Waals surface area contributed by atoms with Crippen LogP contribution in [0.3, 0.4) is 0 Å². The molecule has 0 amide bonds. The normalized spacial score (nSPS) is 10.1. The van der Waals surface area contributed by atoms with Crippen LogP contribution < -0.4 is 17.1 Å². The van der Waals surface area contributed by atoms with Gasteiger partial charge in [-0.3, -0.25) is 4.79 Å². The maximum absolute atomic E-state index is 12.6. The zero-order chi connectivity index (χ0) is 22.7. The Morgan fingerprint density at radius 2 is 1.10 bits per heavy atom. The number of hydrogen-bond donors (Lipinski definition) is 0. The number of ketones is 1. The van der Waals surface area contributed by atoms with E-state index in [1.807, 2.05) is 0 Å². The molecule has 1 rings (SSSR count). The van der Waals surface area contributed by atoms with E-state index in [4.69, 9.17) is 9.47 Å². The summed E-state index contributed by atoms with van der Waals surface area (Å²) in [4.78, 5) is 71.6. The molecule has 0 aliphatic carbocycles. The summed E-state index contributed by atoms with van der Waals surface area (Å²) in [6.45, 7) is 8.45. The molecule has 0 aromatic carbocycles. The van der Waals surface area contributed by atoms with Crippen molar-refractivity contribution in [2.45, 2.75) is 32.5 Å². The molecule has 11 nitrogen and oxygen atoms in total. The number of esters is 2. The summed E-state index contributed by atoms with van der Waals surface area (Å²) in [5.74, 6) is -1.74. The number of allylic oxidation sites excluding steroid dienone is 1. The smallest absolute Gasteiger partial charge is 0.336 e. The van der Waals surface area contributed by atoms with E-state index in [2.05, 4.69) is 19.7 Å². The monoisotopic (exact) mass is 421 g/mol. The fourth-order valence-electron chi connectivity index (χ4n) is 2.36. The quantitative estimate of drug-likeness (QED) is 0.297. The van der Waals surface area contributed by atoms with E-state index in [1.165, 1.54) is 0 Å². The Morgan fingerprint density at radius 1 is 0.700 bits per heavy atom. The molecule has 0 spiro atoms. The predicted molar refractivity (Wildman–Crippen MR) is 106 cm³/mol. The van der Waals surface area contributed by atoms with E-state index in [0.717, 1.165) is 31.9 Å². The summed E-state index contributed by atoms with van der Waals surface area (Å²) in [5, 5.41) is 0. The molecule has 0 fully saturated rings. The maximum Gasteiger partial charge on any atom is 0.336 e. The van der Waals surface area contributed by atoms with Crippen molar-refractivity contribution in [2.75, 3.05) is 13.2 Å². The van der Waals surface area contributed by atoms with Gasteiger partial charge in [-0.1, -0.05) is 19.7 Å². The Kier molecular flexibility index (Phi) is 9.66. The molecule has 0 aliphatic rings. The van der Waals surface area contributed by atoms with Crippen LogP contribution in [0.2, 0.25) is 0 Å². The standard InChI is InChI=1S/C19H23N3O8/c1-4-14(23)8-7-9-20-17(26)21(10-12-29-15(24)5-2)19(28)22(18(20)27)11-13-30-16(25)6-3/h4-6H,1-3,7-13H2. The average molecular weight is 421 g/mol. The van der Waals surface area contributed by atoms with Gasteiger partial charge in [-0.05, 0) is 12.5 Å². The molecule has 1 heterocycles. The van der Waals surface area contributed by atoms with E-state index >= 15 is 0 Å². The minimum absolute atomic E-state index is 0.0579. The van der Waals surface area contributed by atoms with Crippen molar-refractivity contribution in [1.29, 1.82) is 0 Å². The van der Waals surface area contributed by atoms with Crippen molar-refractivity contribution in [3.63, 3.8) is 0 Å². The van der Waals surface area contributed by atoms with Crippen LogP contribution in [-0.4, -0.2) is 44.6 Å². The van der Waals surface area contributed by atoms with Crippen molar-refractivity contribution < 1.29 is 23.9 Å². The summed E-state index contributed by atoms with van der Waals surface area (Å²) in [5.41, 5.74) is -2.78. The Labute approximate surface area is 171 Å². The molecule has 162 valence electrons. The lowest BCUT2D eigenvalue weighted by molar-refractivity contribution is -0.138. The topological polar surface area (TPSA) is 136 Å². The van der Waals surface area contributed by atoms with Crippen LogP contribution in [0.25, 0.3) is 0 Å². The van der Waals surface area contributed by atoms with Crippen LogP contribution in [-0.2, 0) is 43.5 Å². The first kappa shape index (κ1) is 24.3. The van der Waals surface area contributed by atoms with Gasteiger partial charge in [-0.25, -0.2) is 37.7 Å². The zero-order valence-electron chi connectivity index (χ0n) is 16.4.